The number of aromatic nitrogens is 2. The van der Waals surface area contributed by atoms with Gasteiger partial charge in [0.1, 0.15) is 5.82 Å². The first-order chi connectivity index (χ1) is 8.25. The van der Waals surface area contributed by atoms with Crippen molar-refractivity contribution in [2.24, 2.45) is 0 Å². The van der Waals surface area contributed by atoms with E-state index in [4.69, 9.17) is 0 Å². The lowest BCUT2D eigenvalue weighted by Gasteiger charge is -1.94. The third kappa shape index (κ3) is 3.18. The summed E-state index contributed by atoms with van der Waals surface area (Å²) in [5.41, 5.74) is 3.47. The van der Waals surface area contributed by atoms with Crippen LogP contribution in [0, 0.1) is 0 Å². The monoisotopic (exact) mass is 224 g/mol. The molecule has 2 rings (SSSR count). The van der Waals surface area contributed by atoms with E-state index in [2.05, 4.69) is 42.0 Å². The molecule has 1 N–H and O–H groups in total. The molecule has 0 saturated heterocycles. The predicted molar refractivity (Wildman–Crippen MR) is 72.5 cm³/mol. The zero-order chi connectivity index (χ0) is 12.1. The molecule has 2 aromatic rings. The second-order valence-electron chi connectivity index (χ2n) is 4.15. The SMILES string of the molecule is CC(C)=C/C=C\c1ncc(-c2ccccc2)[nH]1. The molecule has 0 aliphatic heterocycles. The number of H-pyrrole nitrogens is 1. The zero-order valence-corrected chi connectivity index (χ0v) is 10.1. The molecular formula is C15H16N2. The summed E-state index contributed by atoms with van der Waals surface area (Å²) in [6, 6.07) is 10.2. The third-order valence-electron chi connectivity index (χ3n) is 2.36. The molecule has 1 heterocycles. The molecule has 2 heteroatoms. The molecule has 86 valence electrons. The molecule has 1 aromatic carbocycles. The van der Waals surface area contributed by atoms with Crippen molar-refractivity contribution in [1.82, 2.24) is 9.97 Å². The lowest BCUT2D eigenvalue weighted by molar-refractivity contribution is 1.26. The van der Waals surface area contributed by atoms with Gasteiger partial charge >= 0.3 is 0 Å². The Hall–Kier alpha value is -2.09. The first-order valence-corrected chi connectivity index (χ1v) is 5.68. The van der Waals surface area contributed by atoms with Crippen molar-refractivity contribution in [2.45, 2.75) is 13.8 Å². The third-order valence-corrected chi connectivity index (χ3v) is 2.36. The van der Waals surface area contributed by atoms with Gasteiger partial charge in [-0.15, -0.1) is 0 Å². The van der Waals surface area contributed by atoms with Gasteiger partial charge in [0.25, 0.3) is 0 Å². The van der Waals surface area contributed by atoms with Crippen LogP contribution in [0.4, 0.5) is 0 Å². The standard InChI is InChI=1S/C15H16N2/c1-12(2)7-6-10-15-16-11-14(17-15)13-8-4-3-5-9-13/h3-11H,1-2H3,(H,16,17)/b10-6-. The molecule has 0 amide bonds. The van der Waals surface area contributed by atoms with Crippen molar-refractivity contribution in [2.75, 3.05) is 0 Å². The zero-order valence-electron chi connectivity index (χ0n) is 10.1. The number of nitrogens with one attached hydrogen (secondary N) is 1. The molecule has 0 aliphatic rings. The van der Waals surface area contributed by atoms with Gasteiger partial charge in [0.05, 0.1) is 11.9 Å². The highest BCUT2D eigenvalue weighted by molar-refractivity contribution is 5.60. The maximum absolute atomic E-state index is 4.32. The second kappa shape index (κ2) is 5.30. The van der Waals surface area contributed by atoms with Gasteiger partial charge in [-0.05, 0) is 25.5 Å². The van der Waals surface area contributed by atoms with Crippen molar-refractivity contribution in [1.29, 1.82) is 0 Å². The van der Waals surface area contributed by atoms with Crippen LogP contribution in [0.5, 0.6) is 0 Å². The fourth-order valence-electron chi connectivity index (χ4n) is 1.52. The van der Waals surface area contributed by atoms with Gasteiger partial charge in [-0.3, -0.25) is 0 Å². The molecule has 0 unspecified atom stereocenters. The van der Waals surface area contributed by atoms with Crippen molar-refractivity contribution in [3.63, 3.8) is 0 Å². The van der Waals surface area contributed by atoms with Crippen LogP contribution in [-0.4, -0.2) is 9.97 Å². The number of allylic oxidation sites excluding steroid dienone is 3. The Morgan fingerprint density at radius 3 is 2.65 bits per heavy atom. The fraction of sp³-hybridized carbons (Fsp3) is 0.133. The van der Waals surface area contributed by atoms with Crippen LogP contribution in [0.2, 0.25) is 0 Å². The summed E-state index contributed by atoms with van der Waals surface area (Å²) in [5.74, 6) is 0.876. The highest BCUT2D eigenvalue weighted by Crippen LogP contribution is 2.16. The van der Waals surface area contributed by atoms with Gasteiger partial charge in [0.15, 0.2) is 0 Å². The van der Waals surface area contributed by atoms with Crippen molar-refractivity contribution in [3.8, 4) is 11.3 Å². The molecule has 0 saturated carbocycles. The normalized spacial score (nSPS) is 10.7. The molecule has 2 nitrogen and oxygen atoms in total. The number of hydrogen-bond acceptors (Lipinski definition) is 1. The average molecular weight is 224 g/mol. The number of hydrogen-bond donors (Lipinski definition) is 1. The minimum atomic E-state index is 0.876. The number of nitrogens with zero attached hydrogens (tertiary/aromatic N) is 1. The minimum absolute atomic E-state index is 0.876. The molecular weight excluding hydrogens is 208 g/mol. The summed E-state index contributed by atoms with van der Waals surface area (Å²) in [4.78, 5) is 7.59. The average Bonchev–Trinajstić information content (AvgIpc) is 2.78. The van der Waals surface area contributed by atoms with E-state index in [9.17, 15) is 0 Å². The Balaban J connectivity index is 2.17. The van der Waals surface area contributed by atoms with Crippen LogP contribution in [0.15, 0.2) is 54.3 Å². The fourth-order valence-corrected chi connectivity index (χ4v) is 1.52. The summed E-state index contributed by atoms with van der Waals surface area (Å²) in [7, 11) is 0. The number of rotatable bonds is 3. The quantitative estimate of drug-likeness (QED) is 0.783. The van der Waals surface area contributed by atoms with Crippen molar-refractivity contribution < 1.29 is 0 Å². The van der Waals surface area contributed by atoms with E-state index < -0.39 is 0 Å². The number of benzene rings is 1. The summed E-state index contributed by atoms with van der Waals surface area (Å²) < 4.78 is 0. The van der Waals surface area contributed by atoms with E-state index >= 15 is 0 Å². The van der Waals surface area contributed by atoms with E-state index in [0.717, 1.165) is 17.1 Å². The Bertz CT molecular complexity index is 529. The van der Waals surface area contributed by atoms with Crippen LogP contribution in [0.3, 0.4) is 0 Å². The molecule has 0 fully saturated rings. The lowest BCUT2D eigenvalue weighted by Crippen LogP contribution is -1.77. The lowest BCUT2D eigenvalue weighted by atomic mass is 10.2. The van der Waals surface area contributed by atoms with E-state index in [0.29, 0.717) is 0 Å². The second-order valence-corrected chi connectivity index (χ2v) is 4.15. The summed E-state index contributed by atoms with van der Waals surface area (Å²) >= 11 is 0. The molecule has 0 spiro atoms. The van der Waals surface area contributed by atoms with Crippen LogP contribution in [0.25, 0.3) is 17.3 Å². The van der Waals surface area contributed by atoms with Gasteiger partial charge in [0.2, 0.25) is 0 Å². The number of imidazole rings is 1. The molecule has 0 bridgehead atoms. The molecule has 0 aliphatic carbocycles. The van der Waals surface area contributed by atoms with Crippen molar-refractivity contribution in [3.05, 3.63) is 60.1 Å². The smallest absolute Gasteiger partial charge is 0.130 e. The van der Waals surface area contributed by atoms with E-state index in [1.165, 1.54) is 5.57 Å². The van der Waals surface area contributed by atoms with Gasteiger partial charge in [0, 0.05) is 0 Å². The summed E-state index contributed by atoms with van der Waals surface area (Å²) in [5, 5.41) is 0. The van der Waals surface area contributed by atoms with Crippen molar-refractivity contribution >= 4 is 6.08 Å². The Morgan fingerprint density at radius 1 is 1.18 bits per heavy atom. The molecule has 1 aromatic heterocycles. The highest BCUT2D eigenvalue weighted by atomic mass is 14.9. The largest absolute Gasteiger partial charge is 0.338 e. The Labute approximate surface area is 102 Å². The molecule has 0 radical (unpaired) electrons. The highest BCUT2D eigenvalue weighted by Gasteiger charge is 1.99. The van der Waals surface area contributed by atoms with Gasteiger partial charge in [-0.2, -0.15) is 0 Å². The van der Waals surface area contributed by atoms with Gasteiger partial charge < -0.3 is 4.98 Å². The maximum Gasteiger partial charge on any atom is 0.130 e. The van der Waals surface area contributed by atoms with Gasteiger partial charge in [-0.1, -0.05) is 48.1 Å². The molecule has 17 heavy (non-hydrogen) atoms. The summed E-state index contributed by atoms with van der Waals surface area (Å²) in [6.45, 7) is 4.14. The topological polar surface area (TPSA) is 28.7 Å². The number of aromatic amines is 1. The maximum atomic E-state index is 4.32. The first kappa shape index (κ1) is 11.4. The Morgan fingerprint density at radius 2 is 1.94 bits per heavy atom. The summed E-state index contributed by atoms with van der Waals surface area (Å²) in [6.07, 6.45) is 7.89. The first-order valence-electron chi connectivity index (χ1n) is 5.68. The van der Waals surface area contributed by atoms with E-state index in [1.807, 2.05) is 36.5 Å². The van der Waals surface area contributed by atoms with Crippen LogP contribution in [-0.2, 0) is 0 Å². The van der Waals surface area contributed by atoms with Crippen LogP contribution < -0.4 is 0 Å². The molecule has 0 atom stereocenters. The minimum Gasteiger partial charge on any atom is -0.338 e. The van der Waals surface area contributed by atoms with Gasteiger partial charge in [-0.25, -0.2) is 4.98 Å². The van der Waals surface area contributed by atoms with Crippen LogP contribution >= 0.6 is 0 Å². The van der Waals surface area contributed by atoms with E-state index in [-0.39, 0.29) is 0 Å². The van der Waals surface area contributed by atoms with Crippen LogP contribution in [0.1, 0.15) is 19.7 Å². The predicted octanol–water partition coefficient (Wildman–Crippen LogP) is 4.06. The Kier molecular flexibility index (Phi) is 3.55. The van der Waals surface area contributed by atoms with E-state index in [1.54, 1.807) is 0 Å².